The van der Waals surface area contributed by atoms with Gasteiger partial charge in [0.05, 0.1) is 17.9 Å². The Morgan fingerprint density at radius 1 is 1.30 bits per heavy atom. The number of hydrogen-bond acceptors (Lipinski definition) is 5. The number of carbonyl (C=O) groups is 1. The molecule has 7 heteroatoms. The summed E-state index contributed by atoms with van der Waals surface area (Å²) in [4.78, 5) is 19.2. The van der Waals surface area contributed by atoms with Gasteiger partial charge < -0.3 is 14.4 Å². The molecule has 2 aromatic rings. The molecule has 1 fully saturated rings. The van der Waals surface area contributed by atoms with Gasteiger partial charge in [0.25, 0.3) is 5.91 Å². The maximum absolute atomic E-state index is 13.0. The largest absolute Gasteiger partial charge is 0.474 e. The van der Waals surface area contributed by atoms with Gasteiger partial charge in [-0.1, -0.05) is 6.07 Å². The Labute approximate surface area is 159 Å². The molecule has 4 rings (SSSR count). The molecule has 7 nitrogen and oxygen atoms in total. The molecule has 2 aliphatic heterocycles. The van der Waals surface area contributed by atoms with E-state index in [0.29, 0.717) is 24.7 Å². The Bertz CT molecular complexity index is 809. The van der Waals surface area contributed by atoms with Crippen LogP contribution in [0.25, 0.3) is 0 Å². The zero-order chi connectivity index (χ0) is 19.0. The first-order chi connectivity index (χ1) is 13.0. The van der Waals surface area contributed by atoms with Crippen LogP contribution in [0.5, 0.6) is 5.88 Å². The number of piperidine rings is 1. The maximum Gasteiger partial charge on any atom is 0.274 e. The fourth-order valence-electron chi connectivity index (χ4n) is 3.87. The lowest BCUT2D eigenvalue weighted by molar-refractivity contribution is -0.00704. The standard InChI is InChI=1S/C20H26N4O3/c1-12-4-5-17(21-11-12)27-15-6-8-24(9-7-15)20(25)19-16-10-13(2)26-14(3)18(16)22-23-19/h4-5,11,13-15H,6-10H2,1-3H3,(H,22,23)/t13-,14+/m1/s1. The van der Waals surface area contributed by atoms with Crippen molar-refractivity contribution >= 4 is 5.91 Å². The molecule has 0 radical (unpaired) electrons. The van der Waals surface area contributed by atoms with Crippen LogP contribution in [0.4, 0.5) is 0 Å². The first kappa shape index (κ1) is 18.0. The molecule has 1 N–H and O–H groups in total. The van der Waals surface area contributed by atoms with E-state index in [0.717, 1.165) is 36.1 Å². The van der Waals surface area contributed by atoms with Gasteiger partial charge in [-0.15, -0.1) is 0 Å². The summed E-state index contributed by atoms with van der Waals surface area (Å²) in [5.41, 5.74) is 3.60. The first-order valence-corrected chi connectivity index (χ1v) is 9.62. The number of pyridine rings is 1. The fourth-order valence-corrected chi connectivity index (χ4v) is 3.87. The number of rotatable bonds is 3. The van der Waals surface area contributed by atoms with E-state index >= 15 is 0 Å². The van der Waals surface area contributed by atoms with Gasteiger partial charge in [-0.25, -0.2) is 4.98 Å². The third-order valence-corrected chi connectivity index (χ3v) is 5.34. The Hall–Kier alpha value is -2.41. The van der Waals surface area contributed by atoms with Crippen molar-refractivity contribution in [1.82, 2.24) is 20.1 Å². The Morgan fingerprint density at radius 3 is 2.78 bits per heavy atom. The Morgan fingerprint density at radius 2 is 2.07 bits per heavy atom. The Balaban J connectivity index is 1.39. The van der Waals surface area contributed by atoms with Crippen LogP contribution in [0.2, 0.25) is 0 Å². The number of amides is 1. The van der Waals surface area contributed by atoms with Crippen molar-refractivity contribution < 1.29 is 14.3 Å². The summed E-state index contributed by atoms with van der Waals surface area (Å²) in [6, 6.07) is 3.89. The molecule has 0 spiro atoms. The van der Waals surface area contributed by atoms with Crippen LogP contribution in [0.15, 0.2) is 18.3 Å². The molecule has 0 aromatic carbocycles. The topological polar surface area (TPSA) is 80.3 Å². The first-order valence-electron chi connectivity index (χ1n) is 9.62. The number of aromatic amines is 1. The van der Waals surface area contributed by atoms with Gasteiger partial charge in [0, 0.05) is 50.2 Å². The van der Waals surface area contributed by atoms with Crippen LogP contribution in [-0.4, -0.2) is 51.3 Å². The molecule has 1 saturated heterocycles. The van der Waals surface area contributed by atoms with Crippen molar-refractivity contribution in [2.24, 2.45) is 0 Å². The second kappa shape index (κ2) is 7.31. The summed E-state index contributed by atoms with van der Waals surface area (Å²) in [5, 5.41) is 7.32. The number of fused-ring (bicyclic) bond motifs is 1. The summed E-state index contributed by atoms with van der Waals surface area (Å²) in [6.07, 6.45) is 4.24. The van der Waals surface area contributed by atoms with Crippen molar-refractivity contribution in [3.05, 3.63) is 40.8 Å². The van der Waals surface area contributed by atoms with E-state index in [4.69, 9.17) is 9.47 Å². The molecule has 27 heavy (non-hydrogen) atoms. The van der Waals surface area contributed by atoms with Crippen LogP contribution >= 0.6 is 0 Å². The molecule has 2 aliphatic rings. The molecule has 0 bridgehead atoms. The third kappa shape index (κ3) is 3.69. The van der Waals surface area contributed by atoms with Gasteiger partial charge in [-0.3, -0.25) is 9.89 Å². The molecule has 4 heterocycles. The van der Waals surface area contributed by atoms with E-state index < -0.39 is 0 Å². The molecule has 2 aromatic heterocycles. The van der Waals surface area contributed by atoms with Crippen LogP contribution in [0.1, 0.15) is 60.1 Å². The zero-order valence-corrected chi connectivity index (χ0v) is 16.1. The van der Waals surface area contributed by atoms with Gasteiger partial charge in [0.2, 0.25) is 5.88 Å². The lowest BCUT2D eigenvalue weighted by Gasteiger charge is -2.32. The second-order valence-corrected chi connectivity index (χ2v) is 7.54. The van der Waals surface area contributed by atoms with E-state index in [-0.39, 0.29) is 24.2 Å². The minimum absolute atomic E-state index is 0.000658. The predicted octanol–water partition coefficient (Wildman–Crippen LogP) is 2.82. The molecule has 0 aliphatic carbocycles. The average molecular weight is 370 g/mol. The highest BCUT2D eigenvalue weighted by Crippen LogP contribution is 2.31. The van der Waals surface area contributed by atoms with E-state index in [1.54, 1.807) is 6.20 Å². The molecule has 0 saturated carbocycles. The number of H-pyrrole nitrogens is 1. The zero-order valence-electron chi connectivity index (χ0n) is 16.1. The molecule has 2 atom stereocenters. The van der Waals surface area contributed by atoms with E-state index in [1.165, 1.54) is 0 Å². The molecular formula is C20H26N4O3. The lowest BCUT2D eigenvalue weighted by Crippen LogP contribution is -2.42. The summed E-state index contributed by atoms with van der Waals surface area (Å²) >= 11 is 0. The number of likely N-dealkylation sites (tertiary alicyclic amines) is 1. The van der Waals surface area contributed by atoms with Crippen molar-refractivity contribution in [1.29, 1.82) is 0 Å². The number of nitrogens with one attached hydrogen (secondary N) is 1. The fraction of sp³-hybridized carbons (Fsp3) is 0.550. The highest BCUT2D eigenvalue weighted by Gasteiger charge is 2.33. The quantitative estimate of drug-likeness (QED) is 0.899. The van der Waals surface area contributed by atoms with E-state index in [9.17, 15) is 4.79 Å². The van der Waals surface area contributed by atoms with Crippen molar-refractivity contribution in [2.45, 2.75) is 58.3 Å². The minimum Gasteiger partial charge on any atom is -0.474 e. The summed E-state index contributed by atoms with van der Waals surface area (Å²) in [5.74, 6) is 0.649. The monoisotopic (exact) mass is 370 g/mol. The van der Waals surface area contributed by atoms with Gasteiger partial charge in [-0.2, -0.15) is 5.10 Å². The van der Waals surface area contributed by atoms with E-state index in [2.05, 4.69) is 15.2 Å². The average Bonchev–Trinajstić information content (AvgIpc) is 3.08. The highest BCUT2D eigenvalue weighted by atomic mass is 16.5. The number of hydrogen-bond donors (Lipinski definition) is 1. The molecule has 0 unspecified atom stereocenters. The van der Waals surface area contributed by atoms with Gasteiger partial charge in [0.1, 0.15) is 6.10 Å². The lowest BCUT2D eigenvalue weighted by atomic mass is 9.98. The number of carbonyl (C=O) groups excluding carboxylic acids is 1. The van der Waals surface area contributed by atoms with Crippen LogP contribution < -0.4 is 4.74 Å². The number of aryl methyl sites for hydroxylation is 1. The molecule has 144 valence electrons. The third-order valence-electron chi connectivity index (χ3n) is 5.34. The van der Waals surface area contributed by atoms with Crippen LogP contribution in [-0.2, 0) is 11.2 Å². The number of aromatic nitrogens is 3. The Kier molecular flexibility index (Phi) is 4.86. The van der Waals surface area contributed by atoms with Crippen molar-refractivity contribution in [3.8, 4) is 5.88 Å². The van der Waals surface area contributed by atoms with Crippen LogP contribution in [0, 0.1) is 6.92 Å². The molecular weight excluding hydrogens is 344 g/mol. The van der Waals surface area contributed by atoms with Gasteiger partial charge in [-0.05, 0) is 26.3 Å². The summed E-state index contributed by atoms with van der Waals surface area (Å²) in [6.45, 7) is 7.35. The van der Waals surface area contributed by atoms with Gasteiger partial charge in [0.15, 0.2) is 5.69 Å². The van der Waals surface area contributed by atoms with Crippen molar-refractivity contribution in [3.63, 3.8) is 0 Å². The maximum atomic E-state index is 13.0. The van der Waals surface area contributed by atoms with Gasteiger partial charge >= 0.3 is 0 Å². The number of nitrogens with zero attached hydrogens (tertiary/aromatic N) is 3. The van der Waals surface area contributed by atoms with Crippen LogP contribution in [0.3, 0.4) is 0 Å². The van der Waals surface area contributed by atoms with Crippen molar-refractivity contribution in [2.75, 3.05) is 13.1 Å². The SMILES string of the molecule is Cc1ccc(OC2CCN(C(=O)c3n[nH]c4c3C[C@@H](C)O[C@H]4C)CC2)nc1. The minimum atomic E-state index is -0.0565. The summed E-state index contributed by atoms with van der Waals surface area (Å²) < 4.78 is 11.8. The summed E-state index contributed by atoms with van der Waals surface area (Å²) in [7, 11) is 0. The smallest absolute Gasteiger partial charge is 0.274 e. The second-order valence-electron chi connectivity index (χ2n) is 7.54. The molecule has 1 amide bonds. The normalized spacial score (nSPS) is 23.1. The predicted molar refractivity (Wildman–Crippen MR) is 99.8 cm³/mol. The van der Waals surface area contributed by atoms with E-state index in [1.807, 2.05) is 37.8 Å². The highest BCUT2D eigenvalue weighted by molar-refractivity contribution is 5.94. The number of ether oxygens (including phenoxy) is 2.